The van der Waals surface area contributed by atoms with Crippen molar-refractivity contribution in [2.75, 3.05) is 4.90 Å². The number of aromatic hydroxyl groups is 2. The van der Waals surface area contributed by atoms with Gasteiger partial charge in [-0.2, -0.15) is 0 Å². The largest absolute Gasteiger partial charge is 0.507 e. The minimum atomic E-state index is 0.132. The van der Waals surface area contributed by atoms with Gasteiger partial charge in [0.15, 0.2) is 0 Å². The zero-order chi connectivity index (χ0) is 30.6. The second-order valence-electron chi connectivity index (χ2n) is 10.7. The topological polar surface area (TPSA) is 69.0 Å². The van der Waals surface area contributed by atoms with Gasteiger partial charge in [0, 0.05) is 28.4 Å². The normalized spacial score (nSPS) is 11.2. The molecule has 0 spiro atoms. The van der Waals surface area contributed by atoms with Gasteiger partial charge in [-0.3, -0.25) is 4.99 Å². The van der Waals surface area contributed by atoms with Crippen molar-refractivity contribution in [3.63, 3.8) is 0 Å². The lowest BCUT2D eigenvalue weighted by molar-refractivity contribution is 0.477. The van der Waals surface area contributed by atoms with Crippen LogP contribution >= 0.6 is 0 Å². The fraction of sp³-hybridized carbons (Fsp3) is 0. The Balaban J connectivity index is 1.31. The number of nitrogens with zero attached hydrogens (tertiary/aromatic N) is 3. The third-order valence-corrected chi connectivity index (χ3v) is 7.67. The van der Waals surface area contributed by atoms with Crippen molar-refractivity contribution in [3.8, 4) is 33.9 Å². The Morgan fingerprint density at radius 3 is 1.87 bits per heavy atom. The van der Waals surface area contributed by atoms with Gasteiger partial charge in [-0.25, -0.2) is 4.98 Å². The van der Waals surface area contributed by atoms with E-state index in [-0.39, 0.29) is 11.5 Å². The first-order chi connectivity index (χ1) is 22.1. The van der Waals surface area contributed by atoms with Crippen LogP contribution < -0.4 is 4.90 Å². The van der Waals surface area contributed by atoms with E-state index in [4.69, 9.17) is 9.98 Å². The second kappa shape index (κ2) is 12.2. The summed E-state index contributed by atoms with van der Waals surface area (Å²) in [7, 11) is 0. The van der Waals surface area contributed by atoms with E-state index >= 15 is 0 Å². The van der Waals surface area contributed by atoms with Crippen LogP contribution in [-0.4, -0.2) is 21.4 Å². The molecule has 0 bridgehead atoms. The van der Waals surface area contributed by atoms with E-state index in [0.29, 0.717) is 28.0 Å². The maximum atomic E-state index is 11.4. The Morgan fingerprint density at radius 2 is 1.18 bits per heavy atom. The Morgan fingerprint density at radius 1 is 0.533 bits per heavy atom. The number of benzene rings is 6. The molecular weight excluding hydrogens is 554 g/mol. The molecule has 0 saturated carbocycles. The molecule has 7 aromatic rings. The number of hydrogen-bond acceptors (Lipinski definition) is 5. The predicted octanol–water partition coefficient (Wildman–Crippen LogP) is 10.2. The number of rotatable bonds is 7. The fourth-order valence-corrected chi connectivity index (χ4v) is 5.59. The van der Waals surface area contributed by atoms with Crippen LogP contribution in [0.5, 0.6) is 11.5 Å². The molecule has 45 heavy (non-hydrogen) atoms. The molecule has 0 aliphatic carbocycles. The maximum absolute atomic E-state index is 11.4. The monoisotopic (exact) mass is 583 g/mol. The number of phenols is 2. The van der Waals surface area contributed by atoms with E-state index < -0.39 is 0 Å². The summed E-state index contributed by atoms with van der Waals surface area (Å²) >= 11 is 0. The summed E-state index contributed by atoms with van der Waals surface area (Å²) in [6.45, 7) is 0. The van der Waals surface area contributed by atoms with Crippen molar-refractivity contribution in [3.05, 3.63) is 163 Å². The highest BCUT2D eigenvalue weighted by atomic mass is 16.3. The highest BCUT2D eigenvalue weighted by molar-refractivity contribution is 6.02. The van der Waals surface area contributed by atoms with Gasteiger partial charge in [0.2, 0.25) is 0 Å². The highest BCUT2D eigenvalue weighted by Gasteiger charge is 2.16. The molecule has 5 heteroatoms. The van der Waals surface area contributed by atoms with Crippen molar-refractivity contribution in [1.29, 1.82) is 0 Å². The van der Waals surface area contributed by atoms with Gasteiger partial charge in [0.25, 0.3) is 0 Å². The third-order valence-electron chi connectivity index (χ3n) is 7.67. The molecule has 1 heterocycles. The van der Waals surface area contributed by atoms with Crippen molar-refractivity contribution in [2.24, 2.45) is 4.99 Å². The van der Waals surface area contributed by atoms with Crippen molar-refractivity contribution in [1.82, 2.24) is 4.98 Å². The maximum Gasteiger partial charge on any atom is 0.127 e. The first kappa shape index (κ1) is 27.6. The van der Waals surface area contributed by atoms with Gasteiger partial charge in [-0.05, 0) is 77.2 Å². The summed E-state index contributed by atoms with van der Waals surface area (Å²) in [6, 6.07) is 51.0. The van der Waals surface area contributed by atoms with Crippen LogP contribution in [0.25, 0.3) is 33.2 Å². The van der Waals surface area contributed by atoms with Crippen molar-refractivity contribution < 1.29 is 10.2 Å². The molecular formula is C40H29N3O2. The summed E-state index contributed by atoms with van der Waals surface area (Å²) in [5, 5.41) is 23.5. The second-order valence-corrected chi connectivity index (χ2v) is 10.7. The summed E-state index contributed by atoms with van der Waals surface area (Å²) < 4.78 is 0. The Bertz CT molecular complexity index is 2090. The van der Waals surface area contributed by atoms with Crippen LogP contribution in [0, 0.1) is 0 Å². The lowest BCUT2D eigenvalue weighted by atomic mass is 10.0. The molecule has 0 fully saturated rings. The van der Waals surface area contributed by atoms with Gasteiger partial charge < -0.3 is 15.1 Å². The molecule has 216 valence electrons. The van der Waals surface area contributed by atoms with E-state index in [0.717, 1.165) is 33.6 Å². The van der Waals surface area contributed by atoms with Gasteiger partial charge in [-0.15, -0.1) is 0 Å². The van der Waals surface area contributed by atoms with Gasteiger partial charge in [0.05, 0.1) is 29.0 Å². The van der Waals surface area contributed by atoms with E-state index in [2.05, 4.69) is 35.2 Å². The molecule has 0 saturated heterocycles. The van der Waals surface area contributed by atoms with Crippen LogP contribution in [0.3, 0.4) is 0 Å². The lowest BCUT2D eigenvalue weighted by Crippen LogP contribution is -2.09. The van der Waals surface area contributed by atoms with Crippen molar-refractivity contribution >= 4 is 39.7 Å². The SMILES string of the molecule is Oc1ccccc1-c1cc(-c2ccccc2)cc(C=Nc2cccc3cc(N(c4ccccc4)c4ccccc4)cc(O)c23)n1. The zero-order valence-electron chi connectivity index (χ0n) is 24.3. The number of hydrogen-bond donors (Lipinski definition) is 2. The first-order valence-electron chi connectivity index (χ1n) is 14.7. The molecule has 0 atom stereocenters. The molecule has 5 nitrogen and oxygen atoms in total. The van der Waals surface area contributed by atoms with Crippen LogP contribution in [0.2, 0.25) is 0 Å². The Hall–Kier alpha value is -6.20. The van der Waals surface area contributed by atoms with E-state index in [1.807, 2.05) is 109 Å². The predicted molar refractivity (Wildman–Crippen MR) is 184 cm³/mol. The number of aliphatic imine (C=N–C) groups is 1. The molecule has 1 aromatic heterocycles. The Kier molecular flexibility index (Phi) is 7.48. The van der Waals surface area contributed by atoms with Crippen LogP contribution in [0.1, 0.15) is 5.69 Å². The van der Waals surface area contributed by atoms with E-state index in [9.17, 15) is 10.2 Å². The number of phenolic OH excluding ortho intramolecular Hbond substituents is 2. The molecule has 0 unspecified atom stereocenters. The first-order valence-corrected chi connectivity index (χ1v) is 14.7. The van der Waals surface area contributed by atoms with Gasteiger partial charge >= 0.3 is 0 Å². The van der Waals surface area contributed by atoms with Crippen LogP contribution in [0.4, 0.5) is 22.7 Å². The molecule has 0 aliphatic heterocycles. The highest BCUT2D eigenvalue weighted by Crippen LogP contribution is 2.42. The fourth-order valence-electron chi connectivity index (χ4n) is 5.59. The summed E-state index contributed by atoms with van der Waals surface area (Å²) in [5.74, 6) is 0.293. The lowest BCUT2D eigenvalue weighted by Gasteiger charge is -2.26. The quantitative estimate of drug-likeness (QED) is 0.183. The number of aromatic nitrogens is 1. The number of fused-ring (bicyclic) bond motifs is 1. The van der Waals surface area contributed by atoms with Crippen molar-refractivity contribution in [2.45, 2.75) is 0 Å². The Labute approximate surface area is 261 Å². The number of anilines is 3. The zero-order valence-corrected chi connectivity index (χ0v) is 24.3. The molecule has 0 aliphatic rings. The molecule has 6 aromatic carbocycles. The number of para-hydroxylation sites is 3. The third kappa shape index (κ3) is 5.75. The summed E-state index contributed by atoms with van der Waals surface area (Å²) in [5.41, 5.74) is 7.33. The smallest absolute Gasteiger partial charge is 0.127 e. The van der Waals surface area contributed by atoms with Crippen LogP contribution in [0.15, 0.2) is 163 Å². The minimum Gasteiger partial charge on any atom is -0.507 e. The molecule has 0 radical (unpaired) electrons. The van der Waals surface area contributed by atoms with E-state index in [1.54, 1.807) is 24.4 Å². The van der Waals surface area contributed by atoms with Gasteiger partial charge in [0.1, 0.15) is 11.5 Å². The average molecular weight is 584 g/mol. The molecule has 0 amide bonds. The minimum absolute atomic E-state index is 0.132. The standard InChI is InChI=1S/C40H29N3O2/c44-38-22-11-10-20-35(38)37-25-30(28-13-4-1-5-14-28)23-31(42-37)27-41-36-21-12-15-29-24-34(26-39(45)40(29)36)43(32-16-6-2-7-17-32)33-18-8-3-9-19-33/h1-27,44-45H. The molecule has 2 N–H and O–H groups in total. The van der Waals surface area contributed by atoms with Gasteiger partial charge in [-0.1, -0.05) is 91.0 Å². The summed E-state index contributed by atoms with van der Waals surface area (Å²) in [6.07, 6.45) is 1.71. The van der Waals surface area contributed by atoms with Crippen LogP contribution in [-0.2, 0) is 0 Å². The summed E-state index contributed by atoms with van der Waals surface area (Å²) in [4.78, 5) is 11.8. The average Bonchev–Trinajstić information content (AvgIpc) is 3.09. The number of pyridine rings is 1. The molecule has 7 rings (SSSR count). The van der Waals surface area contributed by atoms with E-state index in [1.165, 1.54) is 0 Å².